The van der Waals surface area contributed by atoms with Crippen LogP contribution in [0, 0.1) is 5.82 Å². The molecule has 0 aromatic heterocycles. The predicted molar refractivity (Wildman–Crippen MR) is 134 cm³/mol. The molecule has 0 saturated carbocycles. The van der Waals surface area contributed by atoms with E-state index in [1.54, 1.807) is 17.0 Å². The molecular weight excluding hydrogens is 438 g/mol. The highest BCUT2D eigenvalue weighted by atomic mass is 28.4. The first-order valence-corrected chi connectivity index (χ1v) is 14.9. The Labute approximate surface area is 199 Å². The minimum atomic E-state index is -2.28. The van der Waals surface area contributed by atoms with Crippen LogP contribution >= 0.6 is 0 Å². The maximum absolute atomic E-state index is 15.2. The van der Waals surface area contributed by atoms with Gasteiger partial charge >= 0.3 is 13.1 Å². The van der Waals surface area contributed by atoms with Crippen molar-refractivity contribution in [1.29, 1.82) is 0 Å². The Morgan fingerprint density at radius 3 is 2.30 bits per heavy atom. The van der Waals surface area contributed by atoms with Crippen molar-refractivity contribution in [3.8, 4) is 0 Å². The maximum Gasteiger partial charge on any atom is 0.494 e. The van der Waals surface area contributed by atoms with Crippen molar-refractivity contribution in [1.82, 2.24) is 4.90 Å². The summed E-state index contributed by atoms with van der Waals surface area (Å²) in [7, 11) is -2.92. The van der Waals surface area contributed by atoms with Crippen LogP contribution in [0.5, 0.6) is 0 Å². The van der Waals surface area contributed by atoms with E-state index in [9.17, 15) is 9.59 Å². The smallest absolute Gasteiger partial charge is 0.432 e. The summed E-state index contributed by atoms with van der Waals surface area (Å²) in [6, 6.07) is 4.69. The molecule has 1 aromatic carbocycles. The third kappa shape index (κ3) is 5.31. The molecule has 6 nitrogen and oxygen atoms in total. The summed E-state index contributed by atoms with van der Waals surface area (Å²) in [6.45, 7) is 17.7. The van der Waals surface area contributed by atoms with Crippen molar-refractivity contribution < 1.29 is 23.3 Å². The molecule has 3 rings (SSSR count). The molecule has 0 radical (unpaired) electrons. The third-order valence-corrected chi connectivity index (χ3v) is 11.5. The molecule has 2 amide bonds. The van der Waals surface area contributed by atoms with Gasteiger partial charge in [-0.1, -0.05) is 19.9 Å². The van der Waals surface area contributed by atoms with E-state index < -0.39 is 32.5 Å². The first-order chi connectivity index (χ1) is 15.1. The van der Waals surface area contributed by atoms with Crippen LogP contribution < -0.4 is 10.4 Å². The zero-order valence-electron chi connectivity index (χ0n) is 21.5. The number of amides is 2. The molecule has 1 N–H and O–H groups in total. The number of carbonyl (C=O) groups is 1. The average molecular weight is 478 g/mol. The second-order valence-electron chi connectivity index (χ2n) is 11.6. The Balaban J connectivity index is 1.68. The van der Waals surface area contributed by atoms with Gasteiger partial charge in [-0.15, -0.1) is 0 Å². The molecule has 0 bridgehead atoms. The molecule has 1 aromatic rings. The summed E-state index contributed by atoms with van der Waals surface area (Å²) in [6.07, 6.45) is 2.45. The first-order valence-electron chi connectivity index (χ1n) is 12.0. The Bertz CT molecular complexity index is 872. The van der Waals surface area contributed by atoms with Crippen LogP contribution in [-0.2, 0) is 9.31 Å². The number of nitrogens with zero attached hydrogens (tertiary/aromatic N) is 2. The number of anilines is 1. The molecule has 0 unspecified atom stereocenters. The summed E-state index contributed by atoms with van der Waals surface area (Å²) >= 11 is 0. The number of urea groups is 1. The summed E-state index contributed by atoms with van der Waals surface area (Å²) in [4.78, 5) is 27.0. The van der Waals surface area contributed by atoms with Crippen LogP contribution in [0.4, 0.5) is 14.9 Å². The second kappa shape index (κ2) is 8.98. The fourth-order valence-electron chi connectivity index (χ4n) is 4.10. The van der Waals surface area contributed by atoms with E-state index in [4.69, 9.17) is 9.31 Å². The lowest BCUT2D eigenvalue weighted by Crippen LogP contribution is -2.50. The summed E-state index contributed by atoms with van der Waals surface area (Å²) in [5.41, 5.74) is -0.111. The normalized spacial score (nSPS) is 21.2. The third-order valence-electron chi connectivity index (χ3n) is 7.99. The van der Waals surface area contributed by atoms with Crippen LogP contribution in [0.2, 0.25) is 18.1 Å². The predicted octanol–water partition coefficient (Wildman–Crippen LogP) is 4.51. The van der Waals surface area contributed by atoms with Crippen molar-refractivity contribution in [3.05, 3.63) is 24.0 Å². The summed E-state index contributed by atoms with van der Waals surface area (Å²) in [5.74, 6) is -0.452. The Kier molecular flexibility index (Phi) is 7.13. The van der Waals surface area contributed by atoms with E-state index in [-0.39, 0.29) is 16.8 Å². The number of rotatable bonds is 7. The van der Waals surface area contributed by atoms with Crippen molar-refractivity contribution in [2.45, 2.75) is 90.1 Å². The lowest BCUT2D eigenvalue weighted by atomic mass is 9.79. The fraction of sp³-hybridized carbons (Fsp3) is 0.708. The van der Waals surface area contributed by atoms with Gasteiger partial charge in [0.15, 0.2) is 8.32 Å². The minimum absolute atomic E-state index is 0.124. The first kappa shape index (κ1) is 26.2. The molecule has 33 heavy (non-hydrogen) atoms. The van der Waals surface area contributed by atoms with Gasteiger partial charge in [0.25, 0.3) is 0 Å². The van der Waals surface area contributed by atoms with E-state index in [1.807, 2.05) is 40.8 Å². The standard InChI is InChI=1S/C24H40BFN2O4Si/c1-22(2,33(7,8)30)13-9-14-27-15-10-16-28(21(27)29)20-12-11-18(17-19(20)26)25-31-23(3,4)24(5,6)32-25/h11-12,17,30H,9-10,13-16H2,1-8H3. The van der Waals surface area contributed by atoms with Gasteiger partial charge in [-0.25, -0.2) is 9.18 Å². The topological polar surface area (TPSA) is 62.2 Å². The fourth-order valence-corrected chi connectivity index (χ4v) is 4.89. The summed E-state index contributed by atoms with van der Waals surface area (Å²) < 4.78 is 27.2. The molecule has 184 valence electrons. The van der Waals surface area contributed by atoms with Crippen molar-refractivity contribution in [2.75, 3.05) is 24.5 Å². The number of hydrogen-bond acceptors (Lipinski definition) is 4. The van der Waals surface area contributed by atoms with Crippen LogP contribution in [0.1, 0.15) is 60.8 Å². The monoisotopic (exact) mass is 478 g/mol. The van der Waals surface area contributed by atoms with E-state index in [0.29, 0.717) is 25.1 Å². The van der Waals surface area contributed by atoms with Gasteiger partial charge in [0.1, 0.15) is 5.82 Å². The molecule has 0 spiro atoms. The Morgan fingerprint density at radius 2 is 1.76 bits per heavy atom. The van der Waals surface area contributed by atoms with Crippen molar-refractivity contribution >= 4 is 32.6 Å². The SMILES string of the molecule is CC1(C)OB(c2ccc(N3CCCN(CCCC(C)(C)[Si](C)(C)O)C3=O)c(F)c2)OC1(C)C. The van der Waals surface area contributed by atoms with Crippen LogP contribution in [-0.4, -0.2) is 62.0 Å². The van der Waals surface area contributed by atoms with Gasteiger partial charge in [0.05, 0.1) is 16.9 Å². The Hall–Kier alpha value is -1.42. The molecule has 2 aliphatic rings. The highest BCUT2D eigenvalue weighted by Crippen LogP contribution is 2.40. The van der Waals surface area contributed by atoms with Gasteiger partial charge in [0, 0.05) is 19.6 Å². The van der Waals surface area contributed by atoms with Gasteiger partial charge < -0.3 is 19.0 Å². The number of hydrogen-bond donors (Lipinski definition) is 1. The van der Waals surface area contributed by atoms with Gasteiger partial charge in [-0.05, 0) is 82.7 Å². The maximum atomic E-state index is 15.2. The zero-order valence-corrected chi connectivity index (χ0v) is 22.5. The molecular formula is C24H40BFN2O4Si. The lowest BCUT2D eigenvalue weighted by Gasteiger charge is -2.38. The highest BCUT2D eigenvalue weighted by molar-refractivity contribution is 6.72. The minimum Gasteiger partial charge on any atom is -0.432 e. The van der Waals surface area contributed by atoms with Gasteiger partial charge in [-0.2, -0.15) is 0 Å². The Morgan fingerprint density at radius 1 is 1.15 bits per heavy atom. The van der Waals surface area contributed by atoms with Gasteiger partial charge in [0.2, 0.25) is 0 Å². The lowest BCUT2D eigenvalue weighted by molar-refractivity contribution is 0.00578. The molecule has 0 aliphatic carbocycles. The molecule has 2 fully saturated rings. The largest absolute Gasteiger partial charge is 0.494 e. The second-order valence-corrected chi connectivity index (χ2v) is 16.1. The molecule has 2 aliphatic heterocycles. The number of benzene rings is 1. The van der Waals surface area contributed by atoms with Crippen molar-refractivity contribution in [3.63, 3.8) is 0 Å². The van der Waals surface area contributed by atoms with Crippen LogP contribution in [0.25, 0.3) is 0 Å². The van der Waals surface area contributed by atoms with E-state index in [2.05, 4.69) is 13.8 Å². The molecule has 9 heteroatoms. The molecule has 0 atom stereocenters. The van der Waals surface area contributed by atoms with E-state index in [0.717, 1.165) is 19.3 Å². The number of carbonyl (C=O) groups excluding carboxylic acids is 1. The molecule has 2 saturated heterocycles. The highest BCUT2D eigenvalue weighted by Gasteiger charge is 2.51. The van der Waals surface area contributed by atoms with E-state index in [1.165, 1.54) is 11.0 Å². The summed E-state index contributed by atoms with van der Waals surface area (Å²) in [5, 5.41) is -0.124. The molecule has 2 heterocycles. The average Bonchev–Trinajstić information content (AvgIpc) is 2.90. The van der Waals surface area contributed by atoms with Crippen LogP contribution in [0.15, 0.2) is 18.2 Å². The quantitative estimate of drug-likeness (QED) is 0.586. The van der Waals surface area contributed by atoms with Crippen LogP contribution in [0.3, 0.4) is 0 Å². The van der Waals surface area contributed by atoms with Gasteiger partial charge in [-0.3, -0.25) is 4.90 Å². The van der Waals surface area contributed by atoms with E-state index >= 15 is 4.39 Å². The van der Waals surface area contributed by atoms with Crippen molar-refractivity contribution in [2.24, 2.45) is 0 Å². The zero-order chi connectivity index (χ0) is 24.8. The number of halogens is 1.